The van der Waals surface area contributed by atoms with Crippen LogP contribution in [0.15, 0.2) is 102 Å². The van der Waals surface area contributed by atoms with E-state index in [2.05, 4.69) is 4.99 Å². The molecule has 3 aromatic carbocycles. The van der Waals surface area contributed by atoms with Gasteiger partial charge in [-0.3, -0.25) is 9.69 Å². The number of carbonyl (C=O) groups is 2. The summed E-state index contributed by atoms with van der Waals surface area (Å²) in [6.07, 6.45) is -1.17. The third-order valence-electron chi connectivity index (χ3n) is 5.14. The highest BCUT2D eigenvalue weighted by Gasteiger charge is 2.50. The number of hydrogen-bond acceptors (Lipinski definition) is 4. The summed E-state index contributed by atoms with van der Waals surface area (Å²) in [4.78, 5) is 28.7. The highest BCUT2D eigenvalue weighted by molar-refractivity contribution is 6.09. The van der Waals surface area contributed by atoms with Crippen molar-refractivity contribution in [2.45, 2.75) is 11.7 Å². The van der Waals surface area contributed by atoms with Gasteiger partial charge in [-0.25, -0.2) is 9.79 Å². The summed E-state index contributed by atoms with van der Waals surface area (Å²) in [6.45, 7) is 0.366. The van der Waals surface area contributed by atoms with Gasteiger partial charge < -0.3 is 10.8 Å². The lowest BCUT2D eigenvalue weighted by Crippen LogP contribution is -2.43. The molecule has 1 amide bonds. The molecule has 1 heterocycles. The van der Waals surface area contributed by atoms with Gasteiger partial charge in [-0.15, -0.1) is 0 Å². The summed E-state index contributed by atoms with van der Waals surface area (Å²) in [5.74, 6) is -2.66. The summed E-state index contributed by atoms with van der Waals surface area (Å²) in [5.41, 5.74) is 7.76. The van der Waals surface area contributed by atoms with Crippen LogP contribution in [-0.4, -0.2) is 40.6 Å². The third-order valence-corrected chi connectivity index (χ3v) is 5.14. The van der Waals surface area contributed by atoms with Crippen LogP contribution in [0.2, 0.25) is 0 Å². The van der Waals surface area contributed by atoms with Crippen molar-refractivity contribution in [1.29, 1.82) is 0 Å². The number of carboxylic acids is 1. The Labute approximate surface area is 199 Å². The standard InChI is InChI=1S/C24H21N3O.C2HF3O2/c25-23-26-24(20-14-6-2-7-15-20,21-16-8-3-9-17-21)22(28)27(23)18-10-13-19-11-4-1-5-12-19;3-2(4,5)1(6)7/h1-17H,18H2,(H2,25,26);(H,6,7)/b13-10+;. The third kappa shape index (κ3) is 5.75. The molecule has 35 heavy (non-hydrogen) atoms. The van der Waals surface area contributed by atoms with E-state index in [1.54, 1.807) is 4.90 Å². The van der Waals surface area contributed by atoms with Gasteiger partial charge in [0.25, 0.3) is 5.91 Å². The Morgan fingerprint density at radius 1 is 0.914 bits per heavy atom. The van der Waals surface area contributed by atoms with E-state index in [0.717, 1.165) is 16.7 Å². The summed E-state index contributed by atoms with van der Waals surface area (Å²) in [5, 5.41) is 7.12. The number of nitrogens with zero attached hydrogens (tertiary/aromatic N) is 2. The van der Waals surface area contributed by atoms with Crippen LogP contribution in [0.4, 0.5) is 13.2 Å². The number of nitrogens with two attached hydrogens (primary N) is 1. The van der Waals surface area contributed by atoms with E-state index in [1.165, 1.54) is 0 Å². The molecule has 4 rings (SSSR count). The lowest BCUT2D eigenvalue weighted by atomic mass is 9.83. The van der Waals surface area contributed by atoms with Gasteiger partial charge in [-0.1, -0.05) is 103 Å². The van der Waals surface area contributed by atoms with Crippen molar-refractivity contribution >= 4 is 23.9 Å². The molecule has 0 aromatic heterocycles. The maximum atomic E-state index is 13.6. The van der Waals surface area contributed by atoms with Crippen LogP contribution in [0.3, 0.4) is 0 Å². The van der Waals surface area contributed by atoms with Crippen LogP contribution >= 0.6 is 0 Å². The molecule has 6 nitrogen and oxygen atoms in total. The smallest absolute Gasteiger partial charge is 0.475 e. The minimum absolute atomic E-state index is 0.139. The van der Waals surface area contributed by atoms with Crippen LogP contribution < -0.4 is 5.73 Å². The Bertz CT molecular complexity index is 1170. The van der Waals surface area contributed by atoms with Gasteiger partial charge in [0.15, 0.2) is 11.5 Å². The van der Waals surface area contributed by atoms with Gasteiger partial charge in [0.05, 0.1) is 0 Å². The molecular weight excluding hydrogens is 459 g/mol. The Morgan fingerprint density at radius 3 is 1.77 bits per heavy atom. The SMILES string of the molecule is NC1=NC(c2ccccc2)(c2ccccc2)C(=O)N1C/C=C/c1ccccc1.O=C(O)C(F)(F)F. The minimum atomic E-state index is -5.08. The quantitative estimate of drug-likeness (QED) is 0.564. The molecule has 9 heteroatoms. The number of aliphatic carboxylic acids is 1. The molecule has 0 fully saturated rings. The monoisotopic (exact) mass is 481 g/mol. The molecular formula is C26H22F3N3O3. The molecule has 0 saturated heterocycles. The maximum Gasteiger partial charge on any atom is 0.490 e. The number of carbonyl (C=O) groups excluding carboxylic acids is 1. The Morgan fingerprint density at radius 2 is 1.34 bits per heavy atom. The fourth-order valence-electron chi connectivity index (χ4n) is 3.52. The first-order chi connectivity index (χ1) is 16.7. The van der Waals surface area contributed by atoms with Crippen LogP contribution in [0.1, 0.15) is 16.7 Å². The van der Waals surface area contributed by atoms with Gasteiger partial charge in [-0.05, 0) is 16.7 Å². The maximum absolute atomic E-state index is 13.6. The predicted octanol–water partition coefficient (Wildman–Crippen LogP) is 4.43. The van der Waals surface area contributed by atoms with E-state index in [1.807, 2.05) is 103 Å². The zero-order valence-electron chi connectivity index (χ0n) is 18.4. The molecule has 0 atom stereocenters. The highest BCUT2D eigenvalue weighted by Crippen LogP contribution is 2.39. The van der Waals surface area contributed by atoms with E-state index in [4.69, 9.17) is 15.6 Å². The molecule has 3 N–H and O–H groups in total. The second-order valence-electron chi connectivity index (χ2n) is 7.44. The fourth-order valence-corrected chi connectivity index (χ4v) is 3.52. The average molecular weight is 481 g/mol. The van der Waals surface area contributed by atoms with Crippen molar-refractivity contribution in [3.63, 3.8) is 0 Å². The van der Waals surface area contributed by atoms with Gasteiger partial charge in [0.2, 0.25) is 0 Å². The largest absolute Gasteiger partial charge is 0.490 e. The van der Waals surface area contributed by atoms with E-state index >= 15 is 0 Å². The van der Waals surface area contributed by atoms with Crippen molar-refractivity contribution in [3.8, 4) is 0 Å². The van der Waals surface area contributed by atoms with E-state index in [9.17, 15) is 18.0 Å². The average Bonchev–Trinajstić information content (AvgIpc) is 3.11. The van der Waals surface area contributed by atoms with E-state index in [0.29, 0.717) is 6.54 Å². The molecule has 0 unspecified atom stereocenters. The van der Waals surface area contributed by atoms with E-state index < -0.39 is 17.7 Å². The van der Waals surface area contributed by atoms with Crippen molar-refractivity contribution < 1.29 is 27.9 Å². The number of hydrogen-bond donors (Lipinski definition) is 2. The number of carboxylic acid groups (broad SMARTS) is 1. The Balaban J connectivity index is 0.000000429. The van der Waals surface area contributed by atoms with E-state index in [-0.39, 0.29) is 11.9 Å². The van der Waals surface area contributed by atoms with Crippen molar-refractivity contribution in [1.82, 2.24) is 4.90 Å². The van der Waals surface area contributed by atoms with Crippen LogP contribution in [0.25, 0.3) is 6.08 Å². The Hall–Kier alpha value is -4.40. The van der Waals surface area contributed by atoms with Crippen molar-refractivity contribution in [2.24, 2.45) is 10.7 Å². The molecule has 3 aromatic rings. The van der Waals surface area contributed by atoms with Crippen LogP contribution in [0.5, 0.6) is 0 Å². The lowest BCUT2D eigenvalue weighted by molar-refractivity contribution is -0.192. The molecule has 0 saturated carbocycles. The summed E-state index contributed by atoms with van der Waals surface area (Å²) >= 11 is 0. The number of halogens is 3. The first kappa shape index (κ1) is 25.2. The van der Waals surface area contributed by atoms with Crippen LogP contribution in [0, 0.1) is 0 Å². The van der Waals surface area contributed by atoms with Gasteiger partial charge in [0.1, 0.15) is 0 Å². The summed E-state index contributed by atoms with van der Waals surface area (Å²) in [6, 6.07) is 29.1. The number of aliphatic imine (C=N–C) groups is 1. The molecule has 0 spiro atoms. The normalized spacial score (nSPS) is 14.9. The molecule has 0 bridgehead atoms. The zero-order chi connectivity index (χ0) is 25.5. The summed E-state index contributed by atoms with van der Waals surface area (Å²) in [7, 11) is 0. The number of benzene rings is 3. The van der Waals surface area contributed by atoms with Crippen LogP contribution in [-0.2, 0) is 15.1 Å². The highest BCUT2D eigenvalue weighted by atomic mass is 19.4. The lowest BCUT2D eigenvalue weighted by Gasteiger charge is -2.26. The molecule has 1 aliphatic rings. The molecule has 0 aliphatic carbocycles. The number of amides is 1. The Kier molecular flexibility index (Phi) is 7.70. The fraction of sp³-hybridized carbons (Fsp3) is 0.115. The number of alkyl halides is 3. The zero-order valence-corrected chi connectivity index (χ0v) is 18.4. The van der Waals surface area contributed by atoms with Gasteiger partial charge >= 0.3 is 12.1 Å². The topological polar surface area (TPSA) is 96.0 Å². The molecule has 180 valence electrons. The molecule has 1 aliphatic heterocycles. The first-order valence-electron chi connectivity index (χ1n) is 10.5. The number of rotatable bonds is 5. The first-order valence-corrected chi connectivity index (χ1v) is 10.5. The van der Waals surface area contributed by atoms with Gasteiger partial charge in [0, 0.05) is 6.54 Å². The minimum Gasteiger partial charge on any atom is -0.475 e. The van der Waals surface area contributed by atoms with Crippen molar-refractivity contribution in [3.05, 3.63) is 114 Å². The second kappa shape index (κ2) is 10.7. The molecule has 0 radical (unpaired) electrons. The predicted molar refractivity (Wildman–Crippen MR) is 126 cm³/mol. The number of guanidine groups is 1. The van der Waals surface area contributed by atoms with Crippen molar-refractivity contribution in [2.75, 3.05) is 6.54 Å². The van der Waals surface area contributed by atoms with Gasteiger partial charge in [-0.2, -0.15) is 13.2 Å². The summed E-state index contributed by atoms with van der Waals surface area (Å²) < 4.78 is 31.7. The second-order valence-corrected chi connectivity index (χ2v) is 7.44.